The summed E-state index contributed by atoms with van der Waals surface area (Å²) in [4.78, 5) is 15.3. The highest BCUT2D eigenvalue weighted by Crippen LogP contribution is 2.26. The number of anilines is 2. The van der Waals surface area contributed by atoms with E-state index in [1.54, 1.807) is 12.1 Å². The predicted octanol–water partition coefficient (Wildman–Crippen LogP) is 1.74. The van der Waals surface area contributed by atoms with Crippen LogP contribution in [0.1, 0.15) is 24.2 Å². The molecule has 106 valence electrons. The van der Waals surface area contributed by atoms with Gasteiger partial charge in [0.15, 0.2) is 0 Å². The van der Waals surface area contributed by atoms with E-state index in [-0.39, 0.29) is 11.6 Å². The number of nitrogens with zero attached hydrogens (tertiary/aromatic N) is 2. The Balaban J connectivity index is 3.09. The number of aromatic carboxylic acids is 1. The molecule has 0 amide bonds. The Morgan fingerprint density at radius 1 is 1.42 bits per heavy atom. The van der Waals surface area contributed by atoms with E-state index in [1.165, 1.54) is 6.07 Å². The third-order valence-corrected chi connectivity index (χ3v) is 3.09. The number of nitrogen functional groups attached to an aromatic ring is 1. The fraction of sp³-hybridized carbons (Fsp3) is 0.500. The van der Waals surface area contributed by atoms with Crippen molar-refractivity contribution in [1.29, 1.82) is 0 Å². The van der Waals surface area contributed by atoms with Gasteiger partial charge in [-0.25, -0.2) is 4.79 Å². The van der Waals surface area contributed by atoms with E-state index in [0.29, 0.717) is 5.69 Å². The van der Waals surface area contributed by atoms with Crippen LogP contribution in [0.15, 0.2) is 18.2 Å². The van der Waals surface area contributed by atoms with Gasteiger partial charge in [-0.2, -0.15) is 0 Å². The van der Waals surface area contributed by atoms with E-state index in [0.717, 1.165) is 18.8 Å². The van der Waals surface area contributed by atoms with E-state index >= 15 is 0 Å². The smallest absolute Gasteiger partial charge is 0.335 e. The summed E-state index contributed by atoms with van der Waals surface area (Å²) < 4.78 is 0. The van der Waals surface area contributed by atoms with Crippen LogP contribution < -0.4 is 10.6 Å². The van der Waals surface area contributed by atoms with Gasteiger partial charge in [0.25, 0.3) is 0 Å². The average molecular weight is 265 g/mol. The first-order valence-corrected chi connectivity index (χ1v) is 6.41. The molecular formula is C14H23N3O2. The Bertz CT molecular complexity index is 446. The van der Waals surface area contributed by atoms with Crippen molar-refractivity contribution in [1.82, 2.24) is 4.90 Å². The lowest BCUT2D eigenvalue weighted by Crippen LogP contribution is -2.40. The Morgan fingerprint density at radius 3 is 2.53 bits per heavy atom. The molecule has 1 unspecified atom stereocenters. The zero-order valence-electron chi connectivity index (χ0n) is 12.1. The minimum atomic E-state index is -0.933. The number of hydrogen-bond acceptors (Lipinski definition) is 4. The zero-order valence-corrected chi connectivity index (χ0v) is 12.1. The average Bonchev–Trinajstić information content (AvgIpc) is 2.31. The third-order valence-electron chi connectivity index (χ3n) is 3.09. The van der Waals surface area contributed by atoms with E-state index in [2.05, 4.69) is 16.7 Å². The maximum Gasteiger partial charge on any atom is 0.335 e. The monoisotopic (exact) mass is 265 g/mol. The fourth-order valence-electron chi connectivity index (χ4n) is 2.27. The van der Waals surface area contributed by atoms with Gasteiger partial charge < -0.3 is 20.6 Å². The summed E-state index contributed by atoms with van der Waals surface area (Å²) in [5.74, 6) is -0.933. The Kier molecular flexibility index (Phi) is 5.18. The van der Waals surface area contributed by atoms with Crippen molar-refractivity contribution < 1.29 is 9.90 Å². The molecule has 0 spiro atoms. The number of carboxylic acids is 1. The van der Waals surface area contributed by atoms with Crippen LogP contribution in [-0.2, 0) is 0 Å². The summed E-state index contributed by atoms with van der Waals surface area (Å²) in [6, 6.07) is 5.09. The molecule has 1 aromatic carbocycles. The fourth-order valence-corrected chi connectivity index (χ4v) is 2.27. The van der Waals surface area contributed by atoms with Crippen molar-refractivity contribution in [2.45, 2.75) is 19.9 Å². The van der Waals surface area contributed by atoms with Crippen LogP contribution in [0, 0.1) is 0 Å². The number of hydrogen-bond donors (Lipinski definition) is 2. The summed E-state index contributed by atoms with van der Waals surface area (Å²) in [6.45, 7) is 5.81. The van der Waals surface area contributed by atoms with Gasteiger partial charge >= 0.3 is 5.97 Å². The largest absolute Gasteiger partial charge is 0.478 e. The Morgan fingerprint density at radius 2 is 2.05 bits per heavy atom. The van der Waals surface area contributed by atoms with Gasteiger partial charge in [0.2, 0.25) is 0 Å². The van der Waals surface area contributed by atoms with Gasteiger partial charge in [-0.1, -0.05) is 0 Å². The van der Waals surface area contributed by atoms with Crippen molar-refractivity contribution in [3.8, 4) is 0 Å². The highest BCUT2D eigenvalue weighted by atomic mass is 16.4. The molecule has 0 heterocycles. The number of benzene rings is 1. The molecule has 0 saturated carbocycles. The van der Waals surface area contributed by atoms with Crippen LogP contribution in [0.25, 0.3) is 0 Å². The lowest BCUT2D eigenvalue weighted by atomic mass is 10.1. The van der Waals surface area contributed by atoms with Gasteiger partial charge in [0.1, 0.15) is 0 Å². The molecule has 5 heteroatoms. The molecule has 0 saturated heterocycles. The van der Waals surface area contributed by atoms with Crippen molar-refractivity contribution in [3.63, 3.8) is 0 Å². The number of carbonyl (C=O) groups is 1. The minimum absolute atomic E-state index is 0.256. The first-order valence-electron chi connectivity index (χ1n) is 6.41. The molecule has 0 fully saturated rings. The second kappa shape index (κ2) is 6.43. The molecule has 0 radical (unpaired) electrons. The molecule has 1 rings (SSSR count). The topological polar surface area (TPSA) is 69.8 Å². The second-order valence-corrected chi connectivity index (χ2v) is 4.98. The lowest BCUT2D eigenvalue weighted by Gasteiger charge is -2.33. The lowest BCUT2D eigenvalue weighted by molar-refractivity contribution is 0.0697. The number of likely N-dealkylation sites (N-methyl/N-ethyl adjacent to an activating group) is 2. The molecule has 5 nitrogen and oxygen atoms in total. The van der Waals surface area contributed by atoms with Gasteiger partial charge in [0.05, 0.1) is 16.9 Å². The molecular weight excluding hydrogens is 242 g/mol. The van der Waals surface area contributed by atoms with Gasteiger partial charge in [-0.15, -0.1) is 0 Å². The molecule has 1 aromatic rings. The minimum Gasteiger partial charge on any atom is -0.478 e. The summed E-state index contributed by atoms with van der Waals surface area (Å²) in [6.07, 6.45) is 0. The molecule has 0 aliphatic carbocycles. The second-order valence-electron chi connectivity index (χ2n) is 4.98. The van der Waals surface area contributed by atoms with Crippen LogP contribution in [0.5, 0.6) is 0 Å². The van der Waals surface area contributed by atoms with Gasteiger partial charge in [-0.3, -0.25) is 0 Å². The highest BCUT2D eigenvalue weighted by Gasteiger charge is 2.17. The quantitative estimate of drug-likeness (QED) is 0.767. The molecule has 19 heavy (non-hydrogen) atoms. The van der Waals surface area contributed by atoms with Crippen molar-refractivity contribution >= 4 is 17.3 Å². The normalized spacial score (nSPS) is 12.5. The summed E-state index contributed by atoms with van der Waals surface area (Å²) >= 11 is 0. The van der Waals surface area contributed by atoms with E-state index < -0.39 is 5.97 Å². The van der Waals surface area contributed by atoms with Crippen molar-refractivity contribution in [3.05, 3.63) is 23.8 Å². The summed E-state index contributed by atoms with van der Waals surface area (Å²) in [5, 5.41) is 9.07. The SMILES string of the molecule is CCN(c1cc(C(=O)O)ccc1N)C(C)CN(C)C. The van der Waals surface area contributed by atoms with E-state index in [4.69, 9.17) is 10.8 Å². The third kappa shape index (κ3) is 3.86. The highest BCUT2D eigenvalue weighted by molar-refractivity contribution is 5.90. The zero-order chi connectivity index (χ0) is 14.6. The van der Waals surface area contributed by atoms with Crippen LogP contribution >= 0.6 is 0 Å². The van der Waals surface area contributed by atoms with E-state index in [1.807, 2.05) is 21.0 Å². The Labute approximate surface area is 114 Å². The van der Waals surface area contributed by atoms with Crippen molar-refractivity contribution in [2.24, 2.45) is 0 Å². The maximum absolute atomic E-state index is 11.1. The number of nitrogens with two attached hydrogens (primary N) is 1. The maximum atomic E-state index is 11.1. The molecule has 0 aromatic heterocycles. The Hall–Kier alpha value is -1.75. The predicted molar refractivity (Wildman–Crippen MR) is 78.8 cm³/mol. The molecule has 0 bridgehead atoms. The standard InChI is InChI=1S/C14H23N3O2/c1-5-17(10(2)9-16(3)4)13-8-11(14(18)19)6-7-12(13)15/h6-8,10H,5,9,15H2,1-4H3,(H,18,19). The van der Waals surface area contributed by atoms with Crippen LogP contribution in [-0.4, -0.2) is 49.2 Å². The van der Waals surface area contributed by atoms with Crippen LogP contribution in [0.2, 0.25) is 0 Å². The summed E-state index contributed by atoms with van der Waals surface area (Å²) in [7, 11) is 4.03. The van der Waals surface area contributed by atoms with Crippen molar-refractivity contribution in [2.75, 3.05) is 37.8 Å². The molecule has 3 N–H and O–H groups in total. The first kappa shape index (κ1) is 15.3. The molecule has 0 aliphatic rings. The van der Waals surface area contributed by atoms with Crippen LogP contribution in [0.4, 0.5) is 11.4 Å². The first-order chi connectivity index (χ1) is 8.86. The molecule has 1 atom stereocenters. The van der Waals surface area contributed by atoms with Gasteiger partial charge in [-0.05, 0) is 46.1 Å². The number of rotatable bonds is 6. The summed E-state index contributed by atoms with van der Waals surface area (Å²) in [5.41, 5.74) is 7.65. The van der Waals surface area contributed by atoms with Gasteiger partial charge in [0, 0.05) is 19.1 Å². The number of carboxylic acid groups (broad SMARTS) is 1. The molecule has 0 aliphatic heterocycles. The van der Waals surface area contributed by atoms with E-state index in [9.17, 15) is 4.79 Å². The van der Waals surface area contributed by atoms with Crippen LogP contribution in [0.3, 0.4) is 0 Å².